The highest BCUT2D eigenvalue weighted by atomic mass is 16.5. The molecule has 0 spiro atoms. The van der Waals surface area contributed by atoms with Crippen molar-refractivity contribution >= 4 is 23.5 Å². The van der Waals surface area contributed by atoms with Gasteiger partial charge in [-0.2, -0.15) is 0 Å². The highest BCUT2D eigenvalue weighted by Crippen LogP contribution is 2.61. The average molecular weight is 511 g/mol. The fraction of sp³-hybridized carbons (Fsp3) is 0.536. The molecular formula is C28H34N2O7. The van der Waals surface area contributed by atoms with Gasteiger partial charge in [-0.05, 0) is 80.8 Å². The summed E-state index contributed by atoms with van der Waals surface area (Å²) >= 11 is 0. The Kier molecular flexibility index (Phi) is 6.88. The van der Waals surface area contributed by atoms with Gasteiger partial charge in [-0.25, -0.2) is 4.79 Å². The number of anilines is 1. The van der Waals surface area contributed by atoms with Crippen LogP contribution in [0.5, 0.6) is 11.5 Å². The summed E-state index contributed by atoms with van der Waals surface area (Å²) in [6.45, 7) is 1.67. The minimum absolute atomic E-state index is 0.0244. The quantitative estimate of drug-likeness (QED) is 0.480. The zero-order valence-electron chi connectivity index (χ0n) is 21.5. The normalized spacial score (nSPS) is 26.3. The van der Waals surface area contributed by atoms with Crippen molar-refractivity contribution in [1.82, 2.24) is 5.32 Å². The third-order valence-electron chi connectivity index (χ3n) is 8.45. The fourth-order valence-electron chi connectivity index (χ4n) is 7.10. The topological polar surface area (TPSA) is 116 Å². The molecule has 4 bridgehead atoms. The van der Waals surface area contributed by atoms with E-state index < -0.39 is 18.5 Å². The molecular weight excluding hydrogens is 476 g/mol. The van der Waals surface area contributed by atoms with Gasteiger partial charge in [-0.1, -0.05) is 0 Å². The number of esters is 1. The van der Waals surface area contributed by atoms with Gasteiger partial charge in [0, 0.05) is 18.2 Å². The minimum atomic E-state index is -0.770. The maximum atomic E-state index is 13.0. The first-order chi connectivity index (χ1) is 17.8. The summed E-state index contributed by atoms with van der Waals surface area (Å²) in [4.78, 5) is 38.4. The van der Waals surface area contributed by atoms with E-state index in [1.54, 1.807) is 6.07 Å². The number of carbonyl (C=O) groups is 3. The first-order valence-electron chi connectivity index (χ1n) is 12.9. The second kappa shape index (κ2) is 10.1. The molecule has 4 aliphatic carbocycles. The number of rotatable bonds is 9. The molecule has 9 nitrogen and oxygen atoms in total. The Morgan fingerprint density at radius 1 is 1.03 bits per heavy atom. The molecule has 1 aromatic heterocycles. The summed E-state index contributed by atoms with van der Waals surface area (Å²) in [5, 5.41) is 5.75. The van der Waals surface area contributed by atoms with Crippen LogP contribution >= 0.6 is 0 Å². The number of amides is 2. The van der Waals surface area contributed by atoms with E-state index in [1.807, 2.05) is 0 Å². The number of furan rings is 1. The van der Waals surface area contributed by atoms with Crippen LogP contribution in [0.25, 0.3) is 0 Å². The van der Waals surface area contributed by atoms with Crippen molar-refractivity contribution in [1.29, 1.82) is 0 Å². The van der Waals surface area contributed by atoms with E-state index >= 15 is 0 Å². The summed E-state index contributed by atoms with van der Waals surface area (Å²) in [7, 11) is 2.89. The first-order valence-corrected chi connectivity index (χ1v) is 12.9. The minimum Gasteiger partial charge on any atom is -0.493 e. The van der Waals surface area contributed by atoms with Gasteiger partial charge >= 0.3 is 5.97 Å². The fourth-order valence-corrected chi connectivity index (χ4v) is 7.10. The van der Waals surface area contributed by atoms with Gasteiger partial charge in [0.05, 0.1) is 31.7 Å². The lowest BCUT2D eigenvalue weighted by molar-refractivity contribution is -0.128. The van der Waals surface area contributed by atoms with E-state index in [0.29, 0.717) is 5.75 Å². The van der Waals surface area contributed by atoms with Crippen LogP contribution in [-0.2, 0) is 9.53 Å². The van der Waals surface area contributed by atoms with Crippen molar-refractivity contribution in [2.45, 2.75) is 51.5 Å². The second-order valence-electron chi connectivity index (χ2n) is 10.8. The first kappa shape index (κ1) is 25.2. The molecule has 1 atom stereocenters. The number of ether oxygens (including phenoxy) is 3. The van der Waals surface area contributed by atoms with E-state index in [0.717, 1.165) is 17.8 Å². The van der Waals surface area contributed by atoms with Crippen molar-refractivity contribution in [2.24, 2.45) is 23.2 Å². The Hall–Kier alpha value is -3.49. The Morgan fingerprint density at radius 3 is 2.22 bits per heavy atom. The molecule has 1 unspecified atom stereocenters. The molecule has 0 aliphatic heterocycles. The molecule has 0 saturated heterocycles. The van der Waals surface area contributed by atoms with E-state index in [2.05, 4.69) is 17.6 Å². The molecule has 2 amide bonds. The Labute approximate surface area is 216 Å². The number of hydrogen-bond acceptors (Lipinski definition) is 7. The van der Waals surface area contributed by atoms with E-state index in [-0.39, 0.29) is 40.1 Å². The van der Waals surface area contributed by atoms with Crippen LogP contribution in [0.2, 0.25) is 0 Å². The zero-order chi connectivity index (χ0) is 26.2. The average Bonchev–Trinajstić information content (AvgIpc) is 3.41. The van der Waals surface area contributed by atoms with E-state index in [4.69, 9.17) is 18.6 Å². The lowest BCUT2D eigenvalue weighted by atomic mass is 9.48. The van der Waals surface area contributed by atoms with Gasteiger partial charge in [0.25, 0.3) is 11.8 Å². The Morgan fingerprint density at radius 2 is 1.65 bits per heavy atom. The van der Waals surface area contributed by atoms with E-state index in [1.165, 1.54) is 77.2 Å². The van der Waals surface area contributed by atoms with Crippen molar-refractivity contribution in [3.05, 3.63) is 41.9 Å². The van der Waals surface area contributed by atoms with Crippen molar-refractivity contribution in [2.75, 3.05) is 26.1 Å². The van der Waals surface area contributed by atoms with Gasteiger partial charge in [0.2, 0.25) is 0 Å². The molecule has 2 aromatic rings. The molecule has 198 valence electrons. The van der Waals surface area contributed by atoms with Crippen LogP contribution in [0.3, 0.4) is 0 Å². The molecule has 9 heteroatoms. The van der Waals surface area contributed by atoms with E-state index in [9.17, 15) is 14.4 Å². The predicted octanol–water partition coefficient (Wildman–Crippen LogP) is 4.43. The number of methoxy groups -OCH3 is 2. The summed E-state index contributed by atoms with van der Waals surface area (Å²) in [5.41, 5.74) is 0.326. The second-order valence-corrected chi connectivity index (χ2v) is 10.8. The number of hydrogen-bond donors (Lipinski definition) is 2. The van der Waals surface area contributed by atoms with Crippen LogP contribution in [0.1, 0.15) is 66.4 Å². The van der Waals surface area contributed by atoms with Crippen molar-refractivity contribution in [3.8, 4) is 11.5 Å². The maximum Gasteiger partial charge on any atom is 0.340 e. The number of benzene rings is 1. The van der Waals surface area contributed by atoms with Crippen LogP contribution in [0, 0.1) is 23.2 Å². The molecule has 1 heterocycles. The summed E-state index contributed by atoms with van der Waals surface area (Å²) in [6, 6.07) is 5.99. The standard InChI is InChI=1S/C28H34N2O7/c1-16(28-12-17-7-18(13-28)9-19(8-17)14-28)29-25(31)15-37-27(33)20-10-23(34-2)24(35-3)11-21(20)30-26(32)22-5-4-6-36-22/h4-6,10-11,16-19H,7-9,12-15H2,1-3H3,(H,29,31)(H,30,32). The summed E-state index contributed by atoms with van der Waals surface area (Å²) in [5.74, 6) is 1.36. The van der Waals surface area contributed by atoms with Crippen molar-refractivity contribution < 1.29 is 33.0 Å². The molecule has 0 radical (unpaired) electrons. The molecule has 4 fully saturated rings. The smallest absolute Gasteiger partial charge is 0.340 e. The molecule has 4 saturated carbocycles. The highest BCUT2D eigenvalue weighted by Gasteiger charge is 2.53. The van der Waals surface area contributed by atoms with Gasteiger partial charge in [-0.3, -0.25) is 9.59 Å². The van der Waals surface area contributed by atoms with Crippen LogP contribution in [-0.4, -0.2) is 44.7 Å². The maximum absolute atomic E-state index is 13.0. The SMILES string of the molecule is COc1cc(NC(=O)c2ccco2)c(C(=O)OCC(=O)NC(C)C23CC4CC(CC(C4)C2)C3)cc1OC. The predicted molar refractivity (Wildman–Crippen MR) is 135 cm³/mol. The molecule has 2 N–H and O–H groups in total. The highest BCUT2D eigenvalue weighted by molar-refractivity contribution is 6.07. The van der Waals surface area contributed by atoms with Crippen molar-refractivity contribution in [3.63, 3.8) is 0 Å². The lowest BCUT2D eigenvalue weighted by Crippen LogP contribution is -2.56. The van der Waals surface area contributed by atoms with Crippen LogP contribution in [0.4, 0.5) is 5.69 Å². The van der Waals surface area contributed by atoms with Gasteiger partial charge in [-0.15, -0.1) is 0 Å². The number of nitrogens with one attached hydrogen (secondary N) is 2. The Bertz CT molecular complexity index is 1140. The lowest BCUT2D eigenvalue weighted by Gasteiger charge is -2.59. The molecule has 37 heavy (non-hydrogen) atoms. The largest absolute Gasteiger partial charge is 0.493 e. The van der Waals surface area contributed by atoms with Gasteiger partial charge in [0.1, 0.15) is 0 Å². The molecule has 6 rings (SSSR count). The summed E-state index contributed by atoms with van der Waals surface area (Å²) < 4.78 is 21.1. The monoisotopic (exact) mass is 510 g/mol. The van der Waals surface area contributed by atoms with Gasteiger partial charge < -0.3 is 29.3 Å². The third kappa shape index (κ3) is 5.04. The number of carbonyl (C=O) groups excluding carboxylic acids is 3. The summed E-state index contributed by atoms with van der Waals surface area (Å²) in [6.07, 6.45) is 8.90. The van der Waals surface area contributed by atoms with Gasteiger partial charge in [0.15, 0.2) is 23.9 Å². The third-order valence-corrected chi connectivity index (χ3v) is 8.45. The van der Waals surface area contributed by atoms with Crippen LogP contribution < -0.4 is 20.1 Å². The Balaban J connectivity index is 1.25. The van der Waals surface area contributed by atoms with Crippen LogP contribution in [0.15, 0.2) is 34.9 Å². The molecule has 1 aromatic carbocycles. The molecule has 4 aliphatic rings. The zero-order valence-corrected chi connectivity index (χ0v) is 21.5.